The molecule has 22 heavy (non-hydrogen) atoms. The molecule has 3 fully saturated rings. The standard InChI is InChI=1S/C14H21N3O5/c1-2-10-7-16(4-6-22-10)11(18)8-17-12(19)14(15-13(17)20)3-5-21-9-14/h10H,2-9H2,1H3,(H,15,20)/t10-,14+/m0/s1. The van der Waals surface area contributed by atoms with Gasteiger partial charge in [-0.3, -0.25) is 14.5 Å². The zero-order valence-electron chi connectivity index (χ0n) is 12.7. The number of hydrogen-bond donors (Lipinski definition) is 1. The van der Waals surface area contributed by atoms with E-state index in [4.69, 9.17) is 9.47 Å². The molecule has 0 aromatic carbocycles. The van der Waals surface area contributed by atoms with E-state index in [1.54, 1.807) is 4.90 Å². The highest BCUT2D eigenvalue weighted by molar-refractivity contribution is 6.09. The zero-order valence-corrected chi connectivity index (χ0v) is 12.7. The van der Waals surface area contributed by atoms with E-state index in [9.17, 15) is 14.4 Å². The molecule has 4 amide bonds. The van der Waals surface area contributed by atoms with Gasteiger partial charge in [0.1, 0.15) is 12.1 Å². The van der Waals surface area contributed by atoms with E-state index in [2.05, 4.69) is 5.32 Å². The number of carbonyl (C=O) groups excluding carboxylic acids is 3. The first-order valence-corrected chi connectivity index (χ1v) is 7.67. The molecule has 0 aromatic heterocycles. The summed E-state index contributed by atoms with van der Waals surface area (Å²) in [5, 5.41) is 2.67. The highest BCUT2D eigenvalue weighted by Crippen LogP contribution is 2.26. The normalized spacial score (nSPS) is 32.0. The average molecular weight is 311 g/mol. The molecule has 2 atom stereocenters. The van der Waals surface area contributed by atoms with Gasteiger partial charge in [0.15, 0.2) is 0 Å². The number of morpholine rings is 1. The number of rotatable bonds is 3. The zero-order chi connectivity index (χ0) is 15.7. The quantitative estimate of drug-likeness (QED) is 0.699. The van der Waals surface area contributed by atoms with Gasteiger partial charge in [-0.1, -0.05) is 6.92 Å². The van der Waals surface area contributed by atoms with Gasteiger partial charge in [-0.15, -0.1) is 0 Å². The van der Waals surface area contributed by atoms with Gasteiger partial charge in [-0.2, -0.15) is 0 Å². The molecule has 0 unspecified atom stereocenters. The van der Waals surface area contributed by atoms with E-state index < -0.39 is 11.6 Å². The SMILES string of the molecule is CC[C@H]1CN(C(=O)CN2C(=O)N[C@@]3(CCOC3)C2=O)CCO1. The van der Waals surface area contributed by atoms with Crippen LogP contribution < -0.4 is 5.32 Å². The minimum Gasteiger partial charge on any atom is -0.378 e. The predicted octanol–water partition coefficient (Wildman–Crippen LogP) is -0.665. The fraction of sp³-hybridized carbons (Fsp3) is 0.786. The lowest BCUT2D eigenvalue weighted by Gasteiger charge is -2.33. The fourth-order valence-electron chi connectivity index (χ4n) is 3.08. The Morgan fingerprint density at radius 2 is 2.23 bits per heavy atom. The largest absolute Gasteiger partial charge is 0.378 e. The molecule has 1 N–H and O–H groups in total. The van der Waals surface area contributed by atoms with Crippen molar-refractivity contribution in [3.8, 4) is 0 Å². The predicted molar refractivity (Wildman–Crippen MR) is 75.0 cm³/mol. The highest BCUT2D eigenvalue weighted by Gasteiger charge is 2.54. The molecule has 0 aliphatic carbocycles. The van der Waals surface area contributed by atoms with Crippen molar-refractivity contribution in [3.63, 3.8) is 0 Å². The minimum absolute atomic E-state index is 0.0235. The first kappa shape index (κ1) is 15.2. The number of hydrogen-bond acceptors (Lipinski definition) is 5. The van der Waals surface area contributed by atoms with Crippen LogP contribution in [0.15, 0.2) is 0 Å². The Kier molecular flexibility index (Phi) is 4.05. The fourth-order valence-corrected chi connectivity index (χ4v) is 3.08. The van der Waals surface area contributed by atoms with Gasteiger partial charge in [-0.25, -0.2) is 4.79 Å². The molecule has 122 valence electrons. The highest BCUT2D eigenvalue weighted by atomic mass is 16.5. The Labute approximate surface area is 128 Å². The smallest absolute Gasteiger partial charge is 0.325 e. The van der Waals surface area contributed by atoms with Gasteiger partial charge in [-0.05, 0) is 6.42 Å². The summed E-state index contributed by atoms with van der Waals surface area (Å²) in [6.07, 6.45) is 1.31. The molecule has 8 nitrogen and oxygen atoms in total. The van der Waals surface area contributed by atoms with Crippen LogP contribution in [0, 0.1) is 0 Å². The van der Waals surface area contributed by atoms with E-state index in [-0.39, 0.29) is 31.1 Å². The van der Waals surface area contributed by atoms with Crippen molar-refractivity contribution in [1.82, 2.24) is 15.1 Å². The Balaban J connectivity index is 1.64. The van der Waals surface area contributed by atoms with Crippen LogP contribution in [0.1, 0.15) is 19.8 Å². The molecule has 0 radical (unpaired) electrons. The van der Waals surface area contributed by atoms with Crippen LogP contribution in [0.3, 0.4) is 0 Å². The van der Waals surface area contributed by atoms with Gasteiger partial charge in [0, 0.05) is 26.1 Å². The maximum Gasteiger partial charge on any atom is 0.325 e. The second-order valence-electron chi connectivity index (χ2n) is 5.95. The molecule has 0 aromatic rings. The van der Waals surface area contributed by atoms with E-state index in [0.717, 1.165) is 11.3 Å². The maximum atomic E-state index is 12.4. The lowest BCUT2D eigenvalue weighted by molar-refractivity contribution is -0.143. The third-order valence-corrected chi connectivity index (χ3v) is 4.51. The maximum absolute atomic E-state index is 12.4. The summed E-state index contributed by atoms with van der Waals surface area (Å²) in [5.41, 5.74) is -0.964. The van der Waals surface area contributed by atoms with Crippen molar-refractivity contribution in [1.29, 1.82) is 0 Å². The van der Waals surface area contributed by atoms with Crippen molar-refractivity contribution in [2.75, 3.05) is 39.5 Å². The third kappa shape index (κ3) is 2.56. The Morgan fingerprint density at radius 3 is 2.91 bits per heavy atom. The van der Waals surface area contributed by atoms with Gasteiger partial charge in [0.25, 0.3) is 5.91 Å². The number of imide groups is 1. The van der Waals surface area contributed by atoms with Crippen LogP contribution in [0.2, 0.25) is 0 Å². The van der Waals surface area contributed by atoms with Gasteiger partial charge >= 0.3 is 6.03 Å². The number of ether oxygens (including phenoxy) is 2. The second-order valence-corrected chi connectivity index (χ2v) is 5.95. The molecule has 3 aliphatic rings. The molecular formula is C14H21N3O5. The van der Waals surface area contributed by atoms with Gasteiger partial charge < -0.3 is 19.7 Å². The van der Waals surface area contributed by atoms with E-state index in [1.807, 2.05) is 6.92 Å². The Hall–Kier alpha value is -1.67. The summed E-state index contributed by atoms with van der Waals surface area (Å²) >= 11 is 0. The van der Waals surface area contributed by atoms with Crippen LogP contribution in [-0.2, 0) is 19.1 Å². The minimum atomic E-state index is -0.964. The lowest BCUT2D eigenvalue weighted by atomic mass is 9.99. The molecule has 3 heterocycles. The van der Waals surface area contributed by atoms with Crippen molar-refractivity contribution >= 4 is 17.8 Å². The van der Waals surface area contributed by atoms with E-state index in [0.29, 0.717) is 32.7 Å². The molecule has 1 spiro atoms. The summed E-state index contributed by atoms with van der Waals surface area (Å²) in [6.45, 7) is 3.89. The molecule has 8 heteroatoms. The van der Waals surface area contributed by atoms with Crippen LogP contribution in [0.4, 0.5) is 4.79 Å². The molecule has 0 bridgehead atoms. The van der Waals surface area contributed by atoms with Crippen molar-refractivity contribution < 1.29 is 23.9 Å². The number of amides is 4. The van der Waals surface area contributed by atoms with Crippen LogP contribution >= 0.6 is 0 Å². The third-order valence-electron chi connectivity index (χ3n) is 4.51. The number of nitrogens with one attached hydrogen (secondary N) is 1. The first-order valence-electron chi connectivity index (χ1n) is 7.67. The summed E-state index contributed by atoms with van der Waals surface area (Å²) in [4.78, 5) is 39.5. The van der Waals surface area contributed by atoms with Gasteiger partial charge in [0.05, 0.1) is 19.3 Å². The number of nitrogens with zero attached hydrogens (tertiary/aromatic N) is 2. The Bertz CT molecular complexity index is 489. The molecule has 3 aliphatic heterocycles. The van der Waals surface area contributed by atoms with Crippen LogP contribution in [-0.4, -0.2) is 78.7 Å². The number of carbonyl (C=O) groups is 3. The average Bonchev–Trinajstić information content (AvgIpc) is 3.08. The molecule has 0 saturated carbocycles. The number of urea groups is 1. The summed E-state index contributed by atoms with van der Waals surface area (Å²) in [7, 11) is 0. The summed E-state index contributed by atoms with van der Waals surface area (Å²) in [5.74, 6) is -0.579. The van der Waals surface area contributed by atoms with E-state index in [1.165, 1.54) is 0 Å². The summed E-state index contributed by atoms with van der Waals surface area (Å²) in [6, 6.07) is -0.510. The topological polar surface area (TPSA) is 88.2 Å². The van der Waals surface area contributed by atoms with Gasteiger partial charge in [0.2, 0.25) is 5.91 Å². The molecule has 3 saturated heterocycles. The van der Waals surface area contributed by atoms with Crippen molar-refractivity contribution in [3.05, 3.63) is 0 Å². The van der Waals surface area contributed by atoms with Crippen LogP contribution in [0.25, 0.3) is 0 Å². The first-order chi connectivity index (χ1) is 10.6. The second kappa shape index (κ2) is 5.85. The van der Waals surface area contributed by atoms with Crippen LogP contribution in [0.5, 0.6) is 0 Å². The van der Waals surface area contributed by atoms with Crippen molar-refractivity contribution in [2.45, 2.75) is 31.4 Å². The summed E-state index contributed by atoms with van der Waals surface area (Å²) < 4.78 is 10.8. The Morgan fingerprint density at radius 1 is 1.41 bits per heavy atom. The monoisotopic (exact) mass is 311 g/mol. The lowest BCUT2D eigenvalue weighted by Crippen LogP contribution is -2.51. The van der Waals surface area contributed by atoms with E-state index >= 15 is 0 Å². The van der Waals surface area contributed by atoms with Crippen molar-refractivity contribution in [2.24, 2.45) is 0 Å². The molecular weight excluding hydrogens is 290 g/mol. The molecule has 3 rings (SSSR count).